The third-order valence-corrected chi connectivity index (χ3v) is 6.33. The molecule has 0 bridgehead atoms. The molecule has 0 saturated heterocycles. The van der Waals surface area contributed by atoms with Crippen molar-refractivity contribution in [3.63, 3.8) is 0 Å². The summed E-state index contributed by atoms with van der Waals surface area (Å²) in [6, 6.07) is 20.7. The van der Waals surface area contributed by atoms with Gasteiger partial charge in [0.2, 0.25) is 0 Å². The maximum atomic E-state index is 12.7. The van der Waals surface area contributed by atoms with Crippen LogP contribution in [0.3, 0.4) is 0 Å². The molecule has 0 radical (unpaired) electrons. The average molecular weight is 473 g/mol. The third kappa shape index (κ3) is 5.35. The fourth-order valence-corrected chi connectivity index (χ4v) is 4.42. The van der Waals surface area contributed by atoms with Crippen LogP contribution in [-0.4, -0.2) is 35.7 Å². The molecule has 1 atom stereocenters. The van der Waals surface area contributed by atoms with E-state index in [0.717, 1.165) is 27.8 Å². The summed E-state index contributed by atoms with van der Waals surface area (Å²) in [4.78, 5) is 36.3. The summed E-state index contributed by atoms with van der Waals surface area (Å²) in [7, 11) is 0. The number of hydrogen-bond donors (Lipinski definition) is 3. The molecule has 4 rings (SSSR count). The normalized spacial score (nSPS) is 12.9. The lowest BCUT2D eigenvalue weighted by Crippen LogP contribution is -2.36. The Balaban J connectivity index is 1.43. The smallest absolute Gasteiger partial charge is 0.411 e. The van der Waals surface area contributed by atoms with Gasteiger partial charge in [-0.25, -0.2) is 4.79 Å². The maximum absolute atomic E-state index is 12.7. The number of anilines is 1. The number of carboxylic acid groups (broad SMARTS) is 1. The van der Waals surface area contributed by atoms with Gasteiger partial charge in [0.25, 0.3) is 5.91 Å². The van der Waals surface area contributed by atoms with Crippen LogP contribution in [0.2, 0.25) is 0 Å². The molecule has 0 spiro atoms. The van der Waals surface area contributed by atoms with Crippen molar-refractivity contribution in [1.29, 1.82) is 0 Å². The van der Waals surface area contributed by atoms with Gasteiger partial charge in [-0.3, -0.25) is 14.9 Å². The van der Waals surface area contributed by atoms with Crippen molar-refractivity contribution in [2.24, 2.45) is 0 Å². The van der Waals surface area contributed by atoms with Gasteiger partial charge in [0, 0.05) is 23.2 Å². The maximum Gasteiger partial charge on any atom is 0.411 e. The Morgan fingerprint density at radius 3 is 2.20 bits per heavy atom. The monoisotopic (exact) mass is 472 g/mol. The van der Waals surface area contributed by atoms with Crippen molar-refractivity contribution in [1.82, 2.24) is 5.32 Å². The zero-order valence-electron chi connectivity index (χ0n) is 19.7. The summed E-state index contributed by atoms with van der Waals surface area (Å²) in [6.45, 7) is 3.82. The van der Waals surface area contributed by atoms with Crippen LogP contribution in [0.4, 0.5) is 10.5 Å². The Morgan fingerprint density at radius 1 is 0.971 bits per heavy atom. The third-order valence-electron chi connectivity index (χ3n) is 6.33. The number of aryl methyl sites for hydroxylation is 1. The van der Waals surface area contributed by atoms with Crippen LogP contribution in [0.1, 0.15) is 52.7 Å². The van der Waals surface area contributed by atoms with Gasteiger partial charge in [-0.15, -0.1) is 0 Å². The molecule has 1 unspecified atom stereocenters. The van der Waals surface area contributed by atoms with E-state index in [1.165, 1.54) is 0 Å². The van der Waals surface area contributed by atoms with Crippen molar-refractivity contribution in [3.05, 3.63) is 89.0 Å². The molecular weight excluding hydrogens is 444 g/mol. The number of carbonyl (C=O) groups excluding carboxylic acids is 2. The molecule has 2 amide bonds. The average Bonchev–Trinajstić information content (AvgIpc) is 3.17. The van der Waals surface area contributed by atoms with E-state index < -0.39 is 24.0 Å². The van der Waals surface area contributed by atoms with E-state index in [9.17, 15) is 14.4 Å². The minimum absolute atomic E-state index is 0.0495. The van der Waals surface area contributed by atoms with Gasteiger partial charge >= 0.3 is 12.1 Å². The van der Waals surface area contributed by atoms with Crippen LogP contribution in [0.25, 0.3) is 11.1 Å². The fourth-order valence-electron chi connectivity index (χ4n) is 4.42. The van der Waals surface area contributed by atoms with Gasteiger partial charge in [-0.05, 0) is 53.3 Å². The second-order valence-corrected chi connectivity index (χ2v) is 8.66. The van der Waals surface area contributed by atoms with Crippen LogP contribution in [0.5, 0.6) is 0 Å². The fraction of sp³-hybridized carbons (Fsp3) is 0.250. The number of carboxylic acids is 1. The molecule has 35 heavy (non-hydrogen) atoms. The number of carbonyl (C=O) groups is 3. The van der Waals surface area contributed by atoms with Crippen molar-refractivity contribution >= 4 is 23.7 Å². The van der Waals surface area contributed by atoms with E-state index in [1.807, 2.05) is 38.1 Å². The summed E-state index contributed by atoms with van der Waals surface area (Å²) in [5, 5.41) is 14.5. The molecule has 0 heterocycles. The lowest BCUT2D eigenvalue weighted by atomic mass is 9.98. The van der Waals surface area contributed by atoms with Gasteiger partial charge < -0.3 is 15.2 Å². The summed E-state index contributed by atoms with van der Waals surface area (Å²) < 4.78 is 5.61. The molecule has 0 fully saturated rings. The van der Waals surface area contributed by atoms with Gasteiger partial charge in [-0.1, -0.05) is 61.5 Å². The van der Waals surface area contributed by atoms with Gasteiger partial charge in [-0.2, -0.15) is 0 Å². The van der Waals surface area contributed by atoms with Crippen LogP contribution in [0, 0.1) is 6.92 Å². The van der Waals surface area contributed by atoms with Gasteiger partial charge in [0.15, 0.2) is 0 Å². The first-order valence-electron chi connectivity index (χ1n) is 11.6. The first-order valence-corrected chi connectivity index (χ1v) is 11.6. The number of fused-ring (bicyclic) bond motifs is 3. The molecule has 1 aliphatic rings. The molecular formula is C28H28N2O5. The van der Waals surface area contributed by atoms with Crippen LogP contribution >= 0.6 is 0 Å². The van der Waals surface area contributed by atoms with Crippen molar-refractivity contribution in [2.75, 3.05) is 11.9 Å². The summed E-state index contributed by atoms with van der Waals surface area (Å²) in [6.07, 6.45) is -0.266. The topological polar surface area (TPSA) is 105 Å². The zero-order valence-corrected chi connectivity index (χ0v) is 19.7. The van der Waals surface area contributed by atoms with Crippen LogP contribution < -0.4 is 10.6 Å². The van der Waals surface area contributed by atoms with Crippen molar-refractivity contribution < 1.29 is 24.2 Å². The Labute approximate surface area is 204 Å². The van der Waals surface area contributed by atoms with E-state index in [1.54, 1.807) is 18.2 Å². The second kappa shape index (κ2) is 10.4. The second-order valence-electron chi connectivity index (χ2n) is 8.66. The first-order chi connectivity index (χ1) is 16.9. The molecule has 7 heteroatoms. The minimum atomic E-state index is -0.973. The summed E-state index contributed by atoms with van der Waals surface area (Å²) >= 11 is 0. The number of amides is 2. The lowest BCUT2D eigenvalue weighted by Gasteiger charge is -2.17. The molecule has 3 aromatic carbocycles. The molecule has 180 valence electrons. The molecule has 0 aromatic heterocycles. The predicted molar refractivity (Wildman–Crippen MR) is 134 cm³/mol. The van der Waals surface area contributed by atoms with E-state index in [0.29, 0.717) is 17.7 Å². The molecule has 3 N–H and O–H groups in total. The molecule has 0 saturated carbocycles. The zero-order chi connectivity index (χ0) is 24.9. The predicted octanol–water partition coefficient (Wildman–Crippen LogP) is 5.34. The Bertz CT molecular complexity index is 1220. The lowest BCUT2D eigenvalue weighted by molar-refractivity contribution is -0.137. The highest BCUT2D eigenvalue weighted by Gasteiger charge is 2.29. The van der Waals surface area contributed by atoms with E-state index in [-0.39, 0.29) is 18.9 Å². The SMILES string of the molecule is CCC(CC(=O)O)NC(=O)c1ccc(C)c(NC(=O)OCC2c3ccccc3-c3ccccc32)c1. The molecule has 7 nitrogen and oxygen atoms in total. The van der Waals surface area contributed by atoms with Gasteiger partial charge in [0.05, 0.1) is 6.42 Å². The quantitative estimate of drug-likeness (QED) is 0.411. The number of aliphatic carboxylic acids is 1. The molecule has 1 aliphatic carbocycles. The van der Waals surface area contributed by atoms with E-state index in [4.69, 9.17) is 9.84 Å². The number of hydrogen-bond acceptors (Lipinski definition) is 4. The van der Waals surface area contributed by atoms with E-state index >= 15 is 0 Å². The Kier molecular flexibility index (Phi) is 7.15. The highest BCUT2D eigenvalue weighted by Crippen LogP contribution is 2.44. The van der Waals surface area contributed by atoms with Crippen LogP contribution in [0.15, 0.2) is 66.7 Å². The number of ether oxygens (including phenoxy) is 1. The number of benzene rings is 3. The molecule has 3 aromatic rings. The number of nitrogens with one attached hydrogen (secondary N) is 2. The Morgan fingerprint density at radius 2 is 1.60 bits per heavy atom. The first kappa shape index (κ1) is 24.0. The highest BCUT2D eigenvalue weighted by molar-refractivity contribution is 5.97. The largest absolute Gasteiger partial charge is 0.481 e. The van der Waals surface area contributed by atoms with Gasteiger partial charge in [0.1, 0.15) is 6.61 Å². The molecule has 0 aliphatic heterocycles. The minimum Gasteiger partial charge on any atom is -0.481 e. The summed E-state index contributed by atoms with van der Waals surface area (Å²) in [5.74, 6) is -1.42. The summed E-state index contributed by atoms with van der Waals surface area (Å²) in [5.41, 5.74) is 6.12. The number of rotatable bonds is 8. The van der Waals surface area contributed by atoms with Crippen molar-refractivity contribution in [3.8, 4) is 11.1 Å². The van der Waals surface area contributed by atoms with E-state index in [2.05, 4.69) is 34.9 Å². The highest BCUT2D eigenvalue weighted by atomic mass is 16.5. The Hall–Kier alpha value is -4.13. The van der Waals surface area contributed by atoms with Crippen molar-refractivity contribution in [2.45, 2.75) is 38.6 Å². The standard InChI is InChI=1S/C28H28N2O5/c1-3-19(15-26(31)32)29-27(33)18-13-12-17(2)25(14-18)30-28(34)35-16-24-22-10-6-4-8-20(22)21-9-5-7-11-23(21)24/h4-14,19,24H,3,15-16H2,1-2H3,(H,29,33)(H,30,34)(H,31,32). The van der Waals surface area contributed by atoms with Crippen LogP contribution in [-0.2, 0) is 9.53 Å².